The number of nitrogens with zero attached hydrogens (tertiary/aromatic N) is 2. The topological polar surface area (TPSA) is 36.3 Å². The SMILES string of the molecule is COc1cc2nc(CCl)n(CC3CC3(C)C)c2cc1OC. The minimum atomic E-state index is 0.409. The Labute approximate surface area is 130 Å². The van der Waals surface area contributed by atoms with Crippen LogP contribution < -0.4 is 9.47 Å². The molecule has 1 aromatic heterocycles. The fourth-order valence-corrected chi connectivity index (χ4v) is 3.12. The van der Waals surface area contributed by atoms with Crippen LogP contribution in [0, 0.1) is 11.3 Å². The molecule has 0 N–H and O–H groups in total. The summed E-state index contributed by atoms with van der Waals surface area (Å²) in [6.45, 7) is 5.57. The van der Waals surface area contributed by atoms with Crippen molar-refractivity contribution in [1.82, 2.24) is 9.55 Å². The van der Waals surface area contributed by atoms with Crippen LogP contribution in [0.15, 0.2) is 12.1 Å². The lowest BCUT2D eigenvalue weighted by atomic mass is 10.1. The van der Waals surface area contributed by atoms with Gasteiger partial charge in [-0.05, 0) is 17.8 Å². The van der Waals surface area contributed by atoms with Gasteiger partial charge in [-0.15, -0.1) is 11.6 Å². The highest BCUT2D eigenvalue weighted by Crippen LogP contribution is 2.52. The lowest BCUT2D eigenvalue weighted by Gasteiger charge is -2.11. The number of hydrogen-bond acceptors (Lipinski definition) is 3. The molecule has 1 aliphatic rings. The number of fused-ring (bicyclic) bond motifs is 1. The van der Waals surface area contributed by atoms with E-state index in [0.717, 1.165) is 29.2 Å². The fourth-order valence-electron chi connectivity index (χ4n) is 2.92. The van der Waals surface area contributed by atoms with Crippen molar-refractivity contribution in [3.63, 3.8) is 0 Å². The van der Waals surface area contributed by atoms with Gasteiger partial charge in [0.2, 0.25) is 0 Å². The lowest BCUT2D eigenvalue weighted by Crippen LogP contribution is -2.07. The molecule has 0 saturated heterocycles. The van der Waals surface area contributed by atoms with Crippen LogP contribution in [0.2, 0.25) is 0 Å². The number of hydrogen-bond donors (Lipinski definition) is 0. The third kappa shape index (κ3) is 2.46. The van der Waals surface area contributed by atoms with Crippen LogP contribution in [-0.4, -0.2) is 23.8 Å². The van der Waals surface area contributed by atoms with Crippen molar-refractivity contribution < 1.29 is 9.47 Å². The zero-order valence-electron chi connectivity index (χ0n) is 12.9. The Morgan fingerprint density at radius 2 is 1.90 bits per heavy atom. The molecule has 0 spiro atoms. The first-order valence-corrected chi connectivity index (χ1v) is 7.70. The second-order valence-electron chi connectivity index (χ2n) is 6.36. The van der Waals surface area contributed by atoms with E-state index in [1.165, 1.54) is 6.42 Å². The van der Waals surface area contributed by atoms with E-state index in [1.807, 2.05) is 12.1 Å². The first-order chi connectivity index (χ1) is 10.00. The Bertz CT molecular complexity index is 678. The maximum Gasteiger partial charge on any atom is 0.163 e. The molecular formula is C16H21ClN2O2. The maximum absolute atomic E-state index is 6.08. The Balaban J connectivity index is 2.08. The molecule has 1 aliphatic carbocycles. The van der Waals surface area contributed by atoms with Gasteiger partial charge < -0.3 is 14.0 Å². The van der Waals surface area contributed by atoms with Gasteiger partial charge in [-0.3, -0.25) is 0 Å². The molecule has 114 valence electrons. The van der Waals surface area contributed by atoms with Crippen molar-refractivity contribution in [3.8, 4) is 11.5 Å². The number of benzene rings is 1. The molecule has 1 fully saturated rings. The number of methoxy groups -OCH3 is 2. The van der Waals surface area contributed by atoms with Crippen molar-refractivity contribution in [1.29, 1.82) is 0 Å². The summed E-state index contributed by atoms with van der Waals surface area (Å²) in [5.41, 5.74) is 2.39. The van der Waals surface area contributed by atoms with E-state index in [4.69, 9.17) is 21.1 Å². The molecule has 0 amide bonds. The molecule has 3 rings (SSSR count). The number of imidazole rings is 1. The van der Waals surface area contributed by atoms with Gasteiger partial charge in [0.15, 0.2) is 11.5 Å². The molecule has 0 radical (unpaired) electrons. The third-order valence-electron chi connectivity index (χ3n) is 4.57. The molecule has 1 aromatic carbocycles. The van der Waals surface area contributed by atoms with E-state index < -0.39 is 0 Å². The molecule has 0 bridgehead atoms. The van der Waals surface area contributed by atoms with E-state index in [0.29, 0.717) is 23.0 Å². The number of aromatic nitrogens is 2. The average Bonchev–Trinajstić information content (AvgIpc) is 2.93. The second-order valence-corrected chi connectivity index (χ2v) is 6.63. The van der Waals surface area contributed by atoms with Gasteiger partial charge >= 0.3 is 0 Å². The number of halogens is 1. The molecule has 1 saturated carbocycles. The van der Waals surface area contributed by atoms with Crippen LogP contribution in [0.25, 0.3) is 11.0 Å². The predicted molar refractivity (Wildman–Crippen MR) is 84.3 cm³/mol. The Kier molecular flexibility index (Phi) is 3.52. The van der Waals surface area contributed by atoms with Crippen molar-refractivity contribution in [2.24, 2.45) is 11.3 Å². The highest BCUT2D eigenvalue weighted by Gasteiger charge is 2.45. The lowest BCUT2D eigenvalue weighted by molar-refractivity contribution is 0.355. The van der Waals surface area contributed by atoms with Gasteiger partial charge in [0.25, 0.3) is 0 Å². The number of alkyl halides is 1. The maximum atomic E-state index is 6.08. The molecule has 2 aromatic rings. The molecular weight excluding hydrogens is 288 g/mol. The standard InChI is InChI=1S/C16H21ClN2O2/c1-16(2)7-10(16)9-19-12-6-14(21-4)13(20-3)5-11(12)18-15(19)8-17/h5-6,10H,7-9H2,1-4H3. The molecule has 4 nitrogen and oxygen atoms in total. The van der Waals surface area contributed by atoms with E-state index >= 15 is 0 Å². The van der Waals surface area contributed by atoms with Crippen molar-refractivity contribution >= 4 is 22.6 Å². The quantitative estimate of drug-likeness (QED) is 0.787. The highest BCUT2D eigenvalue weighted by atomic mass is 35.5. The summed E-state index contributed by atoms with van der Waals surface area (Å²) in [7, 11) is 3.28. The van der Waals surface area contributed by atoms with Gasteiger partial charge in [-0.2, -0.15) is 0 Å². The molecule has 1 heterocycles. The van der Waals surface area contributed by atoms with E-state index in [1.54, 1.807) is 14.2 Å². The van der Waals surface area contributed by atoms with Gasteiger partial charge in [0.05, 0.1) is 31.1 Å². The Morgan fingerprint density at radius 1 is 1.29 bits per heavy atom. The summed E-state index contributed by atoms with van der Waals surface area (Å²) < 4.78 is 13.0. The van der Waals surface area contributed by atoms with E-state index in [9.17, 15) is 0 Å². The zero-order valence-corrected chi connectivity index (χ0v) is 13.7. The average molecular weight is 309 g/mol. The first kappa shape index (κ1) is 14.5. The van der Waals surface area contributed by atoms with Crippen molar-refractivity contribution in [2.45, 2.75) is 32.7 Å². The summed E-state index contributed by atoms with van der Waals surface area (Å²) in [5, 5.41) is 0. The van der Waals surface area contributed by atoms with Crippen LogP contribution >= 0.6 is 11.6 Å². The van der Waals surface area contributed by atoms with Gasteiger partial charge in [-0.25, -0.2) is 4.98 Å². The summed E-state index contributed by atoms with van der Waals surface area (Å²) in [5.74, 6) is 3.42. The van der Waals surface area contributed by atoms with Gasteiger partial charge in [-0.1, -0.05) is 13.8 Å². The van der Waals surface area contributed by atoms with Crippen LogP contribution in [0.1, 0.15) is 26.1 Å². The summed E-state index contributed by atoms with van der Waals surface area (Å²) in [6, 6.07) is 3.91. The number of rotatable bonds is 5. The third-order valence-corrected chi connectivity index (χ3v) is 4.81. The minimum absolute atomic E-state index is 0.409. The molecule has 1 atom stereocenters. The van der Waals surface area contributed by atoms with Crippen molar-refractivity contribution in [2.75, 3.05) is 14.2 Å². The molecule has 5 heteroatoms. The van der Waals surface area contributed by atoms with Crippen LogP contribution in [-0.2, 0) is 12.4 Å². The molecule has 21 heavy (non-hydrogen) atoms. The summed E-state index contributed by atoms with van der Waals surface area (Å²) >= 11 is 6.08. The second kappa shape index (κ2) is 5.09. The highest BCUT2D eigenvalue weighted by molar-refractivity contribution is 6.16. The summed E-state index contributed by atoms with van der Waals surface area (Å²) in [4.78, 5) is 4.64. The summed E-state index contributed by atoms with van der Waals surface area (Å²) in [6.07, 6.45) is 1.25. The monoisotopic (exact) mass is 308 g/mol. The van der Waals surface area contributed by atoms with E-state index in [2.05, 4.69) is 23.4 Å². The number of ether oxygens (including phenoxy) is 2. The minimum Gasteiger partial charge on any atom is -0.493 e. The van der Waals surface area contributed by atoms with Crippen molar-refractivity contribution in [3.05, 3.63) is 18.0 Å². The fraction of sp³-hybridized carbons (Fsp3) is 0.562. The normalized spacial score (nSPS) is 19.8. The Hall–Kier alpha value is -1.42. The predicted octanol–water partition coefficient (Wildman–Crippen LogP) is 3.84. The smallest absolute Gasteiger partial charge is 0.163 e. The molecule has 1 unspecified atom stereocenters. The van der Waals surface area contributed by atoms with Gasteiger partial charge in [0, 0.05) is 18.7 Å². The van der Waals surface area contributed by atoms with Gasteiger partial charge in [0.1, 0.15) is 5.82 Å². The Morgan fingerprint density at radius 3 is 2.43 bits per heavy atom. The zero-order chi connectivity index (χ0) is 15.2. The van der Waals surface area contributed by atoms with Crippen LogP contribution in [0.5, 0.6) is 11.5 Å². The first-order valence-electron chi connectivity index (χ1n) is 7.17. The molecule has 0 aliphatic heterocycles. The largest absolute Gasteiger partial charge is 0.493 e. The van der Waals surface area contributed by atoms with Crippen LogP contribution in [0.3, 0.4) is 0 Å². The van der Waals surface area contributed by atoms with E-state index in [-0.39, 0.29) is 0 Å². The van der Waals surface area contributed by atoms with Crippen LogP contribution in [0.4, 0.5) is 0 Å².